The first-order chi connectivity index (χ1) is 11.2. The van der Waals surface area contributed by atoms with Crippen molar-refractivity contribution >= 4 is 11.7 Å². The highest BCUT2D eigenvalue weighted by Gasteiger charge is 2.14. The molecule has 0 radical (unpaired) electrons. The maximum absolute atomic E-state index is 12.1. The van der Waals surface area contributed by atoms with Crippen LogP contribution in [0, 0.1) is 6.92 Å². The number of aryl methyl sites for hydroxylation is 1. The van der Waals surface area contributed by atoms with Crippen LogP contribution in [0.5, 0.6) is 5.88 Å². The molecule has 0 atom stereocenters. The molecule has 116 valence electrons. The molecule has 0 saturated carbocycles. The number of benzene rings is 1. The van der Waals surface area contributed by atoms with E-state index in [4.69, 9.17) is 9.26 Å². The largest absolute Gasteiger partial charge is 0.471 e. The number of anilines is 1. The predicted octanol–water partition coefficient (Wildman–Crippen LogP) is 3.21. The van der Waals surface area contributed by atoms with Crippen LogP contribution in [0.4, 0.5) is 5.82 Å². The Morgan fingerprint density at radius 2 is 2.04 bits per heavy atom. The molecule has 0 spiro atoms. The summed E-state index contributed by atoms with van der Waals surface area (Å²) in [5, 5.41) is 6.38. The SMILES string of the molecule is Cc1ccnc(NC(=O)c2cc(OCc3ccccc3)no2)c1. The number of rotatable bonds is 5. The number of pyridine rings is 1. The number of carbonyl (C=O) groups is 1. The molecule has 3 rings (SSSR count). The number of aromatic nitrogens is 2. The van der Waals surface area contributed by atoms with E-state index in [1.54, 1.807) is 12.3 Å². The standard InChI is InChI=1S/C17H15N3O3/c1-12-7-8-18-15(9-12)19-17(21)14-10-16(20-23-14)22-11-13-5-3-2-4-6-13/h2-10H,11H2,1H3,(H,18,19,21). The van der Waals surface area contributed by atoms with E-state index in [1.165, 1.54) is 6.07 Å². The van der Waals surface area contributed by atoms with Crippen molar-refractivity contribution in [2.24, 2.45) is 0 Å². The van der Waals surface area contributed by atoms with Crippen molar-refractivity contribution in [1.82, 2.24) is 10.1 Å². The molecule has 1 N–H and O–H groups in total. The zero-order chi connectivity index (χ0) is 16.1. The maximum Gasteiger partial charge on any atom is 0.295 e. The van der Waals surface area contributed by atoms with Crippen LogP contribution >= 0.6 is 0 Å². The minimum absolute atomic E-state index is 0.0661. The quantitative estimate of drug-likeness (QED) is 0.783. The van der Waals surface area contributed by atoms with E-state index in [2.05, 4.69) is 15.5 Å². The minimum atomic E-state index is -0.426. The molecule has 1 amide bonds. The van der Waals surface area contributed by atoms with E-state index >= 15 is 0 Å². The normalized spacial score (nSPS) is 10.3. The zero-order valence-corrected chi connectivity index (χ0v) is 12.5. The second-order valence-corrected chi connectivity index (χ2v) is 4.98. The highest BCUT2D eigenvalue weighted by Crippen LogP contribution is 2.15. The lowest BCUT2D eigenvalue weighted by Gasteiger charge is -2.02. The van der Waals surface area contributed by atoms with Crippen molar-refractivity contribution in [3.05, 3.63) is 71.6 Å². The van der Waals surface area contributed by atoms with Crippen LogP contribution in [-0.2, 0) is 6.61 Å². The summed E-state index contributed by atoms with van der Waals surface area (Å²) in [7, 11) is 0. The Balaban J connectivity index is 1.61. The van der Waals surface area contributed by atoms with Gasteiger partial charge in [-0.2, -0.15) is 0 Å². The Kier molecular flexibility index (Phi) is 4.33. The number of amides is 1. The van der Waals surface area contributed by atoms with Gasteiger partial charge >= 0.3 is 0 Å². The van der Waals surface area contributed by atoms with Crippen LogP contribution in [-0.4, -0.2) is 16.0 Å². The summed E-state index contributed by atoms with van der Waals surface area (Å²) in [6.45, 7) is 2.27. The molecule has 2 aromatic heterocycles. The van der Waals surface area contributed by atoms with Gasteiger partial charge in [0, 0.05) is 6.20 Å². The molecule has 0 unspecified atom stereocenters. The lowest BCUT2D eigenvalue weighted by atomic mass is 10.2. The molecule has 0 aliphatic heterocycles. The fourth-order valence-electron chi connectivity index (χ4n) is 1.95. The molecule has 0 fully saturated rings. The van der Waals surface area contributed by atoms with Gasteiger partial charge in [-0.1, -0.05) is 30.3 Å². The zero-order valence-electron chi connectivity index (χ0n) is 12.5. The molecule has 6 nitrogen and oxygen atoms in total. The van der Waals surface area contributed by atoms with Gasteiger partial charge in [0.25, 0.3) is 11.8 Å². The summed E-state index contributed by atoms with van der Waals surface area (Å²) < 4.78 is 10.5. The smallest absolute Gasteiger partial charge is 0.295 e. The van der Waals surface area contributed by atoms with E-state index < -0.39 is 5.91 Å². The lowest BCUT2D eigenvalue weighted by molar-refractivity contribution is 0.0987. The van der Waals surface area contributed by atoms with Crippen molar-refractivity contribution in [3.63, 3.8) is 0 Å². The molecular weight excluding hydrogens is 294 g/mol. The van der Waals surface area contributed by atoms with E-state index in [0.29, 0.717) is 12.4 Å². The van der Waals surface area contributed by atoms with Crippen LogP contribution in [0.15, 0.2) is 59.3 Å². The number of nitrogens with one attached hydrogen (secondary N) is 1. The Morgan fingerprint density at radius 3 is 2.83 bits per heavy atom. The second kappa shape index (κ2) is 6.74. The van der Waals surface area contributed by atoms with Crippen molar-refractivity contribution in [2.75, 3.05) is 5.32 Å². The van der Waals surface area contributed by atoms with Crippen LogP contribution in [0.1, 0.15) is 21.7 Å². The fourth-order valence-corrected chi connectivity index (χ4v) is 1.95. The van der Waals surface area contributed by atoms with Crippen molar-refractivity contribution < 1.29 is 14.1 Å². The topological polar surface area (TPSA) is 77.2 Å². The molecule has 0 saturated heterocycles. The van der Waals surface area contributed by atoms with Gasteiger partial charge in [-0.05, 0) is 35.3 Å². The first-order valence-electron chi connectivity index (χ1n) is 7.08. The van der Waals surface area contributed by atoms with Gasteiger partial charge in [-0.3, -0.25) is 4.79 Å². The fraction of sp³-hybridized carbons (Fsp3) is 0.118. The maximum atomic E-state index is 12.1. The molecule has 0 aliphatic rings. The van der Waals surface area contributed by atoms with E-state index in [9.17, 15) is 4.79 Å². The molecule has 0 bridgehead atoms. The lowest BCUT2D eigenvalue weighted by Crippen LogP contribution is -2.12. The highest BCUT2D eigenvalue weighted by molar-refractivity contribution is 6.01. The van der Waals surface area contributed by atoms with Gasteiger partial charge < -0.3 is 14.6 Å². The highest BCUT2D eigenvalue weighted by atomic mass is 16.5. The van der Waals surface area contributed by atoms with Gasteiger partial charge in [0.05, 0.1) is 6.07 Å². The summed E-state index contributed by atoms with van der Waals surface area (Å²) in [5.74, 6) is 0.357. The number of hydrogen-bond donors (Lipinski definition) is 1. The van der Waals surface area contributed by atoms with Crippen LogP contribution in [0.2, 0.25) is 0 Å². The summed E-state index contributed by atoms with van der Waals surface area (Å²) >= 11 is 0. The number of nitrogens with zero attached hydrogens (tertiary/aromatic N) is 2. The van der Waals surface area contributed by atoms with Gasteiger partial charge in [-0.15, -0.1) is 0 Å². The second-order valence-electron chi connectivity index (χ2n) is 4.98. The molecule has 1 aromatic carbocycles. The molecule has 0 aliphatic carbocycles. The van der Waals surface area contributed by atoms with Crippen LogP contribution in [0.3, 0.4) is 0 Å². The summed E-state index contributed by atoms with van der Waals surface area (Å²) in [6, 6.07) is 14.7. The molecule has 6 heteroatoms. The third kappa shape index (κ3) is 3.94. The summed E-state index contributed by atoms with van der Waals surface area (Å²) in [5.41, 5.74) is 2.00. The minimum Gasteiger partial charge on any atom is -0.471 e. The van der Waals surface area contributed by atoms with Crippen molar-refractivity contribution in [1.29, 1.82) is 0 Å². The molecule has 23 heavy (non-hydrogen) atoms. The Bertz CT molecular complexity index is 800. The van der Waals surface area contributed by atoms with Crippen LogP contribution in [0.25, 0.3) is 0 Å². The third-order valence-electron chi connectivity index (χ3n) is 3.10. The Morgan fingerprint density at radius 1 is 1.22 bits per heavy atom. The third-order valence-corrected chi connectivity index (χ3v) is 3.10. The first kappa shape index (κ1) is 14.8. The van der Waals surface area contributed by atoms with E-state index in [-0.39, 0.29) is 11.6 Å². The van der Waals surface area contributed by atoms with E-state index in [0.717, 1.165) is 11.1 Å². The summed E-state index contributed by atoms with van der Waals surface area (Å²) in [6.07, 6.45) is 1.62. The Hall–Kier alpha value is -3.15. The monoisotopic (exact) mass is 309 g/mol. The molecule has 3 aromatic rings. The van der Waals surface area contributed by atoms with Gasteiger partial charge in [0.15, 0.2) is 0 Å². The first-order valence-corrected chi connectivity index (χ1v) is 7.08. The number of ether oxygens (including phenoxy) is 1. The number of carbonyl (C=O) groups excluding carboxylic acids is 1. The summed E-state index contributed by atoms with van der Waals surface area (Å²) in [4.78, 5) is 16.1. The predicted molar refractivity (Wildman–Crippen MR) is 84.2 cm³/mol. The van der Waals surface area contributed by atoms with Gasteiger partial charge in [0.2, 0.25) is 5.76 Å². The van der Waals surface area contributed by atoms with E-state index in [1.807, 2.05) is 43.3 Å². The van der Waals surface area contributed by atoms with Gasteiger partial charge in [0.1, 0.15) is 12.4 Å². The van der Waals surface area contributed by atoms with Gasteiger partial charge in [-0.25, -0.2) is 4.98 Å². The van der Waals surface area contributed by atoms with Crippen LogP contribution < -0.4 is 10.1 Å². The Labute approximate surface area is 133 Å². The molecule has 2 heterocycles. The average molecular weight is 309 g/mol. The number of hydrogen-bond acceptors (Lipinski definition) is 5. The average Bonchev–Trinajstić information content (AvgIpc) is 3.03. The van der Waals surface area contributed by atoms with Crippen molar-refractivity contribution in [2.45, 2.75) is 13.5 Å². The molecular formula is C17H15N3O3. The van der Waals surface area contributed by atoms with Crippen molar-refractivity contribution in [3.8, 4) is 5.88 Å².